The van der Waals surface area contributed by atoms with Gasteiger partial charge >= 0.3 is 5.97 Å². The lowest BCUT2D eigenvalue weighted by molar-refractivity contribution is -0.148. The smallest absolute Gasteiger partial charge is 0.303 e. The van der Waals surface area contributed by atoms with E-state index in [9.17, 15) is 9.59 Å². The van der Waals surface area contributed by atoms with Crippen molar-refractivity contribution in [3.05, 3.63) is 11.8 Å². The average molecular weight is 342 g/mol. The molecule has 2 atom stereocenters. The van der Waals surface area contributed by atoms with Crippen molar-refractivity contribution in [1.29, 1.82) is 0 Å². The molecule has 0 aliphatic carbocycles. The minimum absolute atomic E-state index is 0.00396. The van der Waals surface area contributed by atoms with Crippen molar-refractivity contribution >= 4 is 28.0 Å². The highest BCUT2D eigenvalue weighted by atomic mass is 28.3. The van der Waals surface area contributed by atoms with Crippen LogP contribution in [0.1, 0.15) is 19.8 Å². The Bertz CT molecular complexity index is 449. The highest BCUT2D eigenvalue weighted by Crippen LogP contribution is 2.26. The monoisotopic (exact) mass is 341 g/mol. The van der Waals surface area contributed by atoms with Gasteiger partial charge in [0.2, 0.25) is 5.91 Å². The molecule has 4 nitrogen and oxygen atoms in total. The van der Waals surface area contributed by atoms with Crippen LogP contribution < -0.4 is 0 Å². The maximum atomic E-state index is 12.2. The zero-order valence-electron chi connectivity index (χ0n) is 15.1. The Labute approximate surface area is 136 Å². The minimum atomic E-state index is -1.40. The molecule has 1 saturated heterocycles. The molecule has 0 spiro atoms. The van der Waals surface area contributed by atoms with Crippen molar-refractivity contribution in [2.75, 3.05) is 6.17 Å². The third-order valence-corrected chi connectivity index (χ3v) is 5.97. The van der Waals surface area contributed by atoms with E-state index in [1.54, 1.807) is 0 Å². The fourth-order valence-corrected chi connectivity index (χ4v) is 4.84. The first kappa shape index (κ1) is 19.2. The molecule has 1 rings (SSSR count). The standard InChI is InChI=1S/C16H31NO3Si2/c1-13(18)20-15(10-11-21(2,3)4)14-8-9-16(19)17(14)12-22(5,6)7/h10-11,14-15H,8-9,12H2,1-7H3/b11-10+/t14-,15+/m0/s1. The molecule has 0 aromatic carbocycles. The number of ether oxygens (including phenoxy) is 1. The largest absolute Gasteiger partial charge is 0.456 e. The summed E-state index contributed by atoms with van der Waals surface area (Å²) in [5.41, 5.74) is 2.20. The number of likely N-dealkylation sites (tertiary alicyclic amines) is 1. The quantitative estimate of drug-likeness (QED) is 0.550. The van der Waals surface area contributed by atoms with Crippen LogP contribution in [0.2, 0.25) is 39.3 Å². The SMILES string of the molecule is CC(=O)O[C@H](/C=C/[Si](C)(C)C)[C@@H]1CCC(=O)N1C[Si](C)(C)C. The summed E-state index contributed by atoms with van der Waals surface area (Å²) in [6, 6.07) is -0.00396. The molecule has 0 aromatic heterocycles. The molecule has 0 bridgehead atoms. The summed E-state index contributed by atoms with van der Waals surface area (Å²) in [4.78, 5) is 25.7. The number of amides is 1. The van der Waals surface area contributed by atoms with E-state index in [0.717, 1.165) is 12.6 Å². The lowest BCUT2D eigenvalue weighted by Gasteiger charge is -2.34. The summed E-state index contributed by atoms with van der Waals surface area (Å²) in [5, 5.41) is 0. The molecular weight excluding hydrogens is 310 g/mol. The first-order valence-corrected chi connectivity index (χ1v) is 15.3. The molecule has 0 aromatic rings. The van der Waals surface area contributed by atoms with Gasteiger partial charge in [-0.15, -0.1) is 0 Å². The summed E-state index contributed by atoms with van der Waals surface area (Å²) >= 11 is 0. The summed E-state index contributed by atoms with van der Waals surface area (Å²) in [7, 11) is -2.78. The van der Waals surface area contributed by atoms with E-state index in [2.05, 4.69) is 45.0 Å². The highest BCUT2D eigenvalue weighted by molar-refractivity contribution is 6.81. The Hall–Kier alpha value is -0.886. The summed E-state index contributed by atoms with van der Waals surface area (Å²) in [6.45, 7) is 14.9. The van der Waals surface area contributed by atoms with Crippen LogP contribution in [0.25, 0.3) is 0 Å². The van der Waals surface area contributed by atoms with E-state index in [-0.39, 0.29) is 24.0 Å². The van der Waals surface area contributed by atoms with Crippen LogP contribution in [0.5, 0.6) is 0 Å². The second kappa shape index (κ2) is 7.13. The molecule has 1 aliphatic heterocycles. The van der Waals surface area contributed by atoms with Gasteiger partial charge in [0, 0.05) is 19.5 Å². The zero-order valence-corrected chi connectivity index (χ0v) is 17.1. The van der Waals surface area contributed by atoms with Crippen LogP contribution in [0.15, 0.2) is 11.8 Å². The molecular formula is C16H31NO3Si2. The van der Waals surface area contributed by atoms with Crippen molar-refractivity contribution < 1.29 is 14.3 Å². The zero-order chi connectivity index (χ0) is 17.1. The second-order valence-electron chi connectivity index (χ2n) is 8.49. The molecule has 0 radical (unpaired) electrons. The third kappa shape index (κ3) is 6.48. The Morgan fingerprint density at radius 2 is 1.91 bits per heavy atom. The van der Waals surface area contributed by atoms with E-state index >= 15 is 0 Å². The molecule has 22 heavy (non-hydrogen) atoms. The van der Waals surface area contributed by atoms with Crippen LogP contribution >= 0.6 is 0 Å². The van der Waals surface area contributed by atoms with Crippen LogP contribution in [0.4, 0.5) is 0 Å². The van der Waals surface area contributed by atoms with Crippen molar-refractivity contribution in [3.8, 4) is 0 Å². The first-order chi connectivity index (χ1) is 9.89. The number of carbonyl (C=O) groups excluding carboxylic acids is 2. The normalized spacial score (nSPS) is 21.5. The van der Waals surface area contributed by atoms with Crippen LogP contribution in [0.3, 0.4) is 0 Å². The second-order valence-corrected chi connectivity index (χ2v) is 19.0. The number of carbonyl (C=O) groups is 2. The van der Waals surface area contributed by atoms with Gasteiger partial charge in [-0.05, 0) is 12.5 Å². The number of nitrogens with zero attached hydrogens (tertiary/aromatic N) is 1. The van der Waals surface area contributed by atoms with Crippen molar-refractivity contribution in [3.63, 3.8) is 0 Å². The Kier molecular flexibility index (Phi) is 6.21. The molecule has 0 N–H and O–H groups in total. The van der Waals surface area contributed by atoms with Gasteiger partial charge in [-0.3, -0.25) is 9.59 Å². The fraction of sp³-hybridized carbons (Fsp3) is 0.750. The molecule has 1 heterocycles. The van der Waals surface area contributed by atoms with Crippen molar-refractivity contribution in [1.82, 2.24) is 4.90 Å². The van der Waals surface area contributed by atoms with Gasteiger partial charge in [-0.1, -0.05) is 45.0 Å². The summed E-state index contributed by atoms with van der Waals surface area (Å²) in [5.74, 6) is -0.0801. The van der Waals surface area contributed by atoms with Crippen LogP contribution in [-0.2, 0) is 14.3 Å². The topological polar surface area (TPSA) is 46.6 Å². The van der Waals surface area contributed by atoms with Gasteiger partial charge in [0.05, 0.1) is 22.2 Å². The molecule has 1 fully saturated rings. The van der Waals surface area contributed by atoms with E-state index in [0.29, 0.717) is 6.42 Å². The van der Waals surface area contributed by atoms with Gasteiger partial charge in [0.25, 0.3) is 0 Å². The maximum Gasteiger partial charge on any atom is 0.303 e. The molecule has 126 valence electrons. The molecule has 1 amide bonds. The number of hydrogen-bond acceptors (Lipinski definition) is 3. The van der Waals surface area contributed by atoms with Crippen LogP contribution in [-0.4, -0.2) is 51.2 Å². The van der Waals surface area contributed by atoms with Gasteiger partial charge in [-0.2, -0.15) is 0 Å². The maximum absolute atomic E-state index is 12.2. The van der Waals surface area contributed by atoms with Crippen molar-refractivity contribution in [2.45, 2.75) is 71.2 Å². The van der Waals surface area contributed by atoms with E-state index < -0.39 is 16.1 Å². The van der Waals surface area contributed by atoms with Crippen LogP contribution in [0, 0.1) is 0 Å². The number of hydrogen-bond donors (Lipinski definition) is 0. The molecule has 1 aliphatic rings. The third-order valence-electron chi connectivity index (χ3n) is 3.49. The number of esters is 1. The Morgan fingerprint density at radius 3 is 2.36 bits per heavy atom. The lowest BCUT2D eigenvalue weighted by atomic mass is 10.1. The first-order valence-electron chi connectivity index (χ1n) is 8.05. The molecule has 6 heteroatoms. The van der Waals surface area contributed by atoms with Gasteiger partial charge in [0.1, 0.15) is 6.10 Å². The van der Waals surface area contributed by atoms with Gasteiger partial charge < -0.3 is 9.64 Å². The predicted molar refractivity (Wildman–Crippen MR) is 96.1 cm³/mol. The highest BCUT2D eigenvalue weighted by Gasteiger charge is 2.39. The van der Waals surface area contributed by atoms with E-state index in [1.807, 2.05) is 11.0 Å². The minimum Gasteiger partial charge on any atom is -0.456 e. The molecule has 0 saturated carbocycles. The summed E-state index contributed by atoms with van der Waals surface area (Å²) < 4.78 is 5.54. The Balaban J connectivity index is 2.98. The lowest BCUT2D eigenvalue weighted by Crippen LogP contribution is -2.49. The molecule has 0 unspecified atom stereocenters. The summed E-state index contributed by atoms with van der Waals surface area (Å²) in [6.07, 6.45) is 3.88. The van der Waals surface area contributed by atoms with Gasteiger partial charge in [-0.25, -0.2) is 0 Å². The van der Waals surface area contributed by atoms with E-state index in [4.69, 9.17) is 4.74 Å². The number of rotatable bonds is 6. The average Bonchev–Trinajstić information content (AvgIpc) is 2.63. The van der Waals surface area contributed by atoms with E-state index in [1.165, 1.54) is 6.92 Å². The Morgan fingerprint density at radius 1 is 1.32 bits per heavy atom. The van der Waals surface area contributed by atoms with Gasteiger partial charge in [0.15, 0.2) is 0 Å². The van der Waals surface area contributed by atoms with Crippen molar-refractivity contribution in [2.24, 2.45) is 0 Å². The fourth-order valence-electron chi connectivity index (χ4n) is 2.64. The predicted octanol–water partition coefficient (Wildman–Crippen LogP) is 3.22.